The fraction of sp³-hybridized carbons (Fsp3) is 0.273. The van der Waals surface area contributed by atoms with Gasteiger partial charge >= 0.3 is 0 Å². The molecule has 228 valence electrons. The zero-order valence-corrected chi connectivity index (χ0v) is 26.1. The minimum absolute atomic E-state index is 0.0339. The molecule has 4 heterocycles. The van der Waals surface area contributed by atoms with Crippen LogP contribution in [0.3, 0.4) is 0 Å². The highest BCUT2D eigenvalue weighted by atomic mass is 35.5. The lowest BCUT2D eigenvalue weighted by atomic mass is 9.95. The molecule has 45 heavy (non-hydrogen) atoms. The second kappa shape index (κ2) is 11.9. The van der Waals surface area contributed by atoms with Crippen molar-refractivity contribution in [1.29, 1.82) is 5.26 Å². The molecule has 9 nitrogen and oxygen atoms in total. The van der Waals surface area contributed by atoms with Crippen molar-refractivity contribution in [2.45, 2.75) is 45.1 Å². The average Bonchev–Trinajstić information content (AvgIpc) is 3.65. The van der Waals surface area contributed by atoms with E-state index in [1.165, 1.54) is 29.5 Å². The lowest BCUT2D eigenvalue weighted by Crippen LogP contribution is -2.46. The predicted octanol–water partition coefficient (Wildman–Crippen LogP) is 7.38. The normalized spacial score (nSPS) is 15.6. The van der Waals surface area contributed by atoms with E-state index in [0.29, 0.717) is 44.6 Å². The van der Waals surface area contributed by atoms with Crippen molar-refractivity contribution in [3.63, 3.8) is 0 Å². The number of pyridine rings is 1. The van der Waals surface area contributed by atoms with Crippen molar-refractivity contribution in [3.8, 4) is 6.07 Å². The van der Waals surface area contributed by atoms with Crippen LogP contribution in [0.15, 0.2) is 60.9 Å². The van der Waals surface area contributed by atoms with E-state index in [-0.39, 0.29) is 17.1 Å². The molecule has 2 N–H and O–H groups in total. The molecule has 2 aliphatic heterocycles. The fourth-order valence-electron chi connectivity index (χ4n) is 5.87. The van der Waals surface area contributed by atoms with Gasteiger partial charge in [0, 0.05) is 42.1 Å². The Bertz CT molecular complexity index is 1970. The molecule has 12 heteroatoms. The first-order chi connectivity index (χ1) is 21.8. The Morgan fingerprint density at radius 3 is 2.60 bits per heavy atom. The quantitative estimate of drug-likeness (QED) is 0.181. The van der Waals surface area contributed by atoms with Crippen molar-refractivity contribution >= 4 is 51.2 Å². The van der Waals surface area contributed by atoms with Gasteiger partial charge < -0.3 is 15.4 Å². The minimum atomic E-state index is -0.534. The van der Waals surface area contributed by atoms with E-state index >= 15 is 0 Å². The summed E-state index contributed by atoms with van der Waals surface area (Å²) in [6.45, 7) is 7.32. The largest absolute Gasteiger partial charge is 0.378 e. The number of ether oxygens (including phenoxy) is 1. The smallest absolute Gasteiger partial charge is 0.141 e. The molecule has 0 amide bonds. The Morgan fingerprint density at radius 2 is 1.89 bits per heavy atom. The van der Waals surface area contributed by atoms with Crippen LogP contribution in [-0.4, -0.2) is 44.1 Å². The Kier molecular flexibility index (Phi) is 7.79. The Balaban J connectivity index is 1.32. The molecule has 2 aromatic heterocycles. The Morgan fingerprint density at radius 1 is 1.07 bits per heavy atom. The van der Waals surface area contributed by atoms with Crippen LogP contribution in [0.5, 0.6) is 0 Å². The molecule has 3 aromatic carbocycles. The number of nitrogens with one attached hydrogen (secondary N) is 2. The standard InChI is InChI=1S/C33H29Cl2FN8O/c1-18(2)44-15-30(41-42-44)33(24-5-3-4-19-13-43(14-26(19)24)23-16-45-17-23)40-22-8-25-31(39-21-6-7-29(36)27(34)9-21)20(11-37)12-38-32(25)28(35)10-22/h3-10,12,15,18,23,33,40H,13-14,16-17H2,1-2H3,(H,38,39)/t33-/m0/s1. The number of hydrogen-bond acceptors (Lipinski definition) is 8. The van der Waals surface area contributed by atoms with Crippen LogP contribution in [-0.2, 0) is 17.8 Å². The number of anilines is 3. The molecule has 0 spiro atoms. The zero-order chi connectivity index (χ0) is 31.2. The summed E-state index contributed by atoms with van der Waals surface area (Å²) in [7, 11) is 0. The summed E-state index contributed by atoms with van der Waals surface area (Å²) in [6, 6.07) is 16.8. The third-order valence-electron chi connectivity index (χ3n) is 8.39. The molecule has 0 bridgehead atoms. The second-order valence-electron chi connectivity index (χ2n) is 11.6. The molecule has 1 saturated heterocycles. The third-order valence-corrected chi connectivity index (χ3v) is 8.97. The first-order valence-electron chi connectivity index (χ1n) is 14.6. The number of nitrogens with zero attached hydrogens (tertiary/aromatic N) is 6. The summed E-state index contributed by atoms with van der Waals surface area (Å²) in [5, 5.41) is 26.9. The van der Waals surface area contributed by atoms with Crippen LogP contribution in [0, 0.1) is 17.1 Å². The maximum absolute atomic E-state index is 13.9. The molecular weight excluding hydrogens is 614 g/mol. The molecule has 2 aliphatic rings. The van der Waals surface area contributed by atoms with Gasteiger partial charge in [-0.3, -0.25) is 9.88 Å². The highest BCUT2D eigenvalue weighted by molar-refractivity contribution is 6.36. The molecule has 7 rings (SSSR count). The van der Waals surface area contributed by atoms with Gasteiger partial charge in [0.2, 0.25) is 0 Å². The highest BCUT2D eigenvalue weighted by Crippen LogP contribution is 2.39. The van der Waals surface area contributed by atoms with E-state index in [9.17, 15) is 9.65 Å². The molecule has 5 aromatic rings. The Labute approximate surface area is 269 Å². The first-order valence-corrected chi connectivity index (χ1v) is 15.4. The summed E-state index contributed by atoms with van der Waals surface area (Å²) < 4.78 is 21.2. The number of aromatic nitrogens is 4. The lowest BCUT2D eigenvalue weighted by molar-refractivity contribution is -0.0670. The molecule has 1 fully saturated rings. The van der Waals surface area contributed by atoms with Crippen molar-refractivity contribution < 1.29 is 9.13 Å². The van der Waals surface area contributed by atoms with Crippen molar-refractivity contribution in [3.05, 3.63) is 105 Å². The van der Waals surface area contributed by atoms with Crippen molar-refractivity contribution in [2.24, 2.45) is 0 Å². The van der Waals surface area contributed by atoms with Crippen LogP contribution in [0.1, 0.15) is 53.9 Å². The van der Waals surface area contributed by atoms with Crippen LogP contribution in [0.4, 0.5) is 21.5 Å². The summed E-state index contributed by atoms with van der Waals surface area (Å²) >= 11 is 12.9. The molecular formula is C33H29Cl2FN8O. The van der Waals surface area contributed by atoms with E-state index < -0.39 is 5.82 Å². The zero-order valence-electron chi connectivity index (χ0n) is 24.6. The summed E-state index contributed by atoms with van der Waals surface area (Å²) in [4.78, 5) is 6.94. The van der Waals surface area contributed by atoms with Gasteiger partial charge in [0.05, 0.1) is 58.3 Å². The van der Waals surface area contributed by atoms with E-state index in [1.807, 2.05) is 23.0 Å². The van der Waals surface area contributed by atoms with Crippen LogP contribution >= 0.6 is 23.2 Å². The number of halogens is 3. The predicted molar refractivity (Wildman–Crippen MR) is 172 cm³/mol. The summed E-state index contributed by atoms with van der Waals surface area (Å²) in [6.07, 6.45) is 3.44. The molecule has 0 radical (unpaired) electrons. The average molecular weight is 644 g/mol. The van der Waals surface area contributed by atoms with Crippen LogP contribution < -0.4 is 10.6 Å². The number of rotatable bonds is 8. The van der Waals surface area contributed by atoms with E-state index in [2.05, 4.69) is 68.9 Å². The number of nitriles is 1. The first kappa shape index (κ1) is 29.4. The van der Waals surface area contributed by atoms with Gasteiger partial charge in [-0.2, -0.15) is 5.26 Å². The van der Waals surface area contributed by atoms with Gasteiger partial charge in [0.25, 0.3) is 0 Å². The number of hydrogen-bond donors (Lipinski definition) is 2. The minimum Gasteiger partial charge on any atom is -0.378 e. The van der Waals surface area contributed by atoms with E-state index in [4.69, 9.17) is 27.9 Å². The maximum Gasteiger partial charge on any atom is 0.141 e. The second-order valence-corrected chi connectivity index (χ2v) is 12.5. The third kappa shape index (κ3) is 5.57. The maximum atomic E-state index is 13.9. The summed E-state index contributed by atoms with van der Waals surface area (Å²) in [5.41, 5.74) is 6.93. The lowest BCUT2D eigenvalue weighted by Gasteiger charge is -2.34. The fourth-order valence-corrected chi connectivity index (χ4v) is 6.32. The molecule has 0 unspecified atom stereocenters. The SMILES string of the molecule is CC(C)n1cc([C@@H](Nc2cc(Cl)c3ncc(C#N)c(Nc4ccc(F)c(Cl)c4)c3c2)c2cccc3c2CN(C2COC2)C3)nn1. The van der Waals surface area contributed by atoms with Gasteiger partial charge in [-0.1, -0.05) is 46.6 Å². The number of benzene rings is 3. The van der Waals surface area contributed by atoms with Gasteiger partial charge in [-0.25, -0.2) is 9.07 Å². The van der Waals surface area contributed by atoms with E-state index in [1.54, 1.807) is 6.07 Å². The molecule has 0 saturated carbocycles. The van der Waals surface area contributed by atoms with Gasteiger partial charge in [0.15, 0.2) is 0 Å². The monoisotopic (exact) mass is 642 g/mol. The van der Waals surface area contributed by atoms with Gasteiger partial charge in [-0.15, -0.1) is 5.10 Å². The van der Waals surface area contributed by atoms with Crippen molar-refractivity contribution in [2.75, 3.05) is 23.8 Å². The van der Waals surface area contributed by atoms with Crippen molar-refractivity contribution in [1.82, 2.24) is 24.9 Å². The topological polar surface area (TPSA) is 104 Å². The highest BCUT2D eigenvalue weighted by Gasteiger charge is 2.34. The number of fused-ring (bicyclic) bond motifs is 2. The van der Waals surface area contributed by atoms with E-state index in [0.717, 1.165) is 37.6 Å². The van der Waals surface area contributed by atoms with Crippen LogP contribution in [0.25, 0.3) is 10.9 Å². The Hall–Kier alpha value is -4.27. The van der Waals surface area contributed by atoms with Gasteiger partial charge in [-0.05, 0) is 60.9 Å². The summed E-state index contributed by atoms with van der Waals surface area (Å²) in [5.74, 6) is -0.534. The van der Waals surface area contributed by atoms with Crippen LogP contribution in [0.2, 0.25) is 10.0 Å². The molecule has 1 atom stereocenters. The van der Waals surface area contributed by atoms with Gasteiger partial charge in [0.1, 0.15) is 17.6 Å². The molecule has 0 aliphatic carbocycles.